The van der Waals surface area contributed by atoms with Gasteiger partial charge in [0.1, 0.15) is 5.76 Å². The Balaban J connectivity index is 1.71. The molecule has 1 heterocycles. The summed E-state index contributed by atoms with van der Waals surface area (Å²) < 4.78 is 5.21. The molecular formula is C18H32N4O. The van der Waals surface area contributed by atoms with Gasteiger partial charge >= 0.3 is 0 Å². The van der Waals surface area contributed by atoms with Crippen molar-refractivity contribution < 1.29 is 4.52 Å². The van der Waals surface area contributed by atoms with Crippen molar-refractivity contribution in [3.05, 3.63) is 17.0 Å². The summed E-state index contributed by atoms with van der Waals surface area (Å²) in [5.74, 6) is 1.86. The first-order valence-electron chi connectivity index (χ1n) is 8.96. The molecule has 1 aromatic heterocycles. The van der Waals surface area contributed by atoms with E-state index in [0.29, 0.717) is 5.41 Å². The average molecular weight is 320 g/mol. The van der Waals surface area contributed by atoms with Crippen LogP contribution in [-0.4, -0.2) is 31.3 Å². The lowest BCUT2D eigenvalue weighted by Crippen LogP contribution is -2.43. The molecule has 5 heteroatoms. The molecule has 0 atom stereocenters. The summed E-state index contributed by atoms with van der Waals surface area (Å²) in [5, 5.41) is 11.0. The number of guanidine groups is 1. The van der Waals surface area contributed by atoms with Crippen LogP contribution in [-0.2, 0) is 6.42 Å². The summed E-state index contributed by atoms with van der Waals surface area (Å²) >= 11 is 0. The first-order valence-corrected chi connectivity index (χ1v) is 8.96. The zero-order valence-electron chi connectivity index (χ0n) is 15.2. The molecule has 0 radical (unpaired) electrons. The molecule has 2 N–H and O–H groups in total. The molecule has 0 amide bonds. The van der Waals surface area contributed by atoms with Gasteiger partial charge in [-0.3, -0.25) is 4.99 Å². The molecule has 1 fully saturated rings. The second-order valence-corrected chi connectivity index (χ2v) is 6.82. The minimum atomic E-state index is 0.480. The van der Waals surface area contributed by atoms with Crippen molar-refractivity contribution in [3.8, 4) is 0 Å². The van der Waals surface area contributed by atoms with E-state index in [0.717, 1.165) is 43.3 Å². The maximum atomic E-state index is 5.21. The summed E-state index contributed by atoms with van der Waals surface area (Å²) in [5.41, 5.74) is 2.73. The number of nitrogens with zero attached hydrogens (tertiary/aromatic N) is 2. The van der Waals surface area contributed by atoms with Crippen molar-refractivity contribution in [2.45, 2.75) is 65.7 Å². The third-order valence-corrected chi connectivity index (χ3v) is 5.35. The Kier molecular flexibility index (Phi) is 6.48. The van der Waals surface area contributed by atoms with E-state index in [-0.39, 0.29) is 0 Å². The number of nitrogens with one attached hydrogen (secondary N) is 2. The van der Waals surface area contributed by atoms with E-state index in [9.17, 15) is 0 Å². The van der Waals surface area contributed by atoms with Crippen LogP contribution in [0.3, 0.4) is 0 Å². The SMILES string of the molecule is CCC1(CNC(=NC)NCCCc2c(C)noc2C)CCCC1. The van der Waals surface area contributed by atoms with Crippen LogP contribution in [0.4, 0.5) is 0 Å². The average Bonchev–Trinajstić information content (AvgIpc) is 3.16. The first kappa shape index (κ1) is 17.8. The fraction of sp³-hybridized carbons (Fsp3) is 0.778. The van der Waals surface area contributed by atoms with Crippen LogP contribution in [0, 0.1) is 19.3 Å². The molecule has 130 valence electrons. The van der Waals surface area contributed by atoms with E-state index >= 15 is 0 Å². The molecule has 1 aliphatic rings. The quantitative estimate of drug-likeness (QED) is 0.459. The number of hydrogen-bond acceptors (Lipinski definition) is 3. The molecule has 0 aliphatic heterocycles. The van der Waals surface area contributed by atoms with Crippen LogP contribution < -0.4 is 10.6 Å². The van der Waals surface area contributed by atoms with Crippen molar-refractivity contribution in [3.63, 3.8) is 0 Å². The number of hydrogen-bond donors (Lipinski definition) is 2. The molecule has 2 rings (SSSR count). The maximum Gasteiger partial charge on any atom is 0.190 e. The Hall–Kier alpha value is -1.52. The highest BCUT2D eigenvalue weighted by Gasteiger charge is 2.31. The zero-order valence-corrected chi connectivity index (χ0v) is 15.2. The molecule has 0 spiro atoms. The van der Waals surface area contributed by atoms with E-state index in [1.807, 2.05) is 20.9 Å². The molecule has 1 aliphatic carbocycles. The molecule has 5 nitrogen and oxygen atoms in total. The maximum absolute atomic E-state index is 5.21. The Morgan fingerprint density at radius 3 is 2.57 bits per heavy atom. The topological polar surface area (TPSA) is 62.5 Å². The summed E-state index contributed by atoms with van der Waals surface area (Å²) in [7, 11) is 1.84. The third-order valence-electron chi connectivity index (χ3n) is 5.35. The lowest BCUT2D eigenvalue weighted by atomic mass is 9.83. The number of rotatable bonds is 7. The van der Waals surface area contributed by atoms with Gasteiger partial charge in [-0.2, -0.15) is 0 Å². The summed E-state index contributed by atoms with van der Waals surface area (Å²) in [6.07, 6.45) is 8.73. The zero-order chi connectivity index (χ0) is 16.7. The molecule has 23 heavy (non-hydrogen) atoms. The van der Waals surface area contributed by atoms with E-state index < -0.39 is 0 Å². The van der Waals surface area contributed by atoms with Gasteiger partial charge in [0, 0.05) is 25.7 Å². The Morgan fingerprint density at radius 2 is 2.00 bits per heavy atom. The fourth-order valence-corrected chi connectivity index (χ4v) is 3.60. The van der Waals surface area contributed by atoms with Gasteiger partial charge in [0.15, 0.2) is 5.96 Å². The van der Waals surface area contributed by atoms with Gasteiger partial charge in [0.25, 0.3) is 0 Å². The van der Waals surface area contributed by atoms with Crippen molar-refractivity contribution in [2.24, 2.45) is 10.4 Å². The van der Waals surface area contributed by atoms with E-state index in [1.165, 1.54) is 37.7 Å². The standard InChI is InChI=1S/C18H32N4O/c1-5-18(10-6-7-11-18)13-21-17(19-4)20-12-8-9-16-14(2)22-23-15(16)3/h5-13H2,1-4H3,(H2,19,20,21). The first-order chi connectivity index (χ1) is 11.1. The molecule has 1 saturated carbocycles. The lowest BCUT2D eigenvalue weighted by Gasteiger charge is -2.28. The van der Waals surface area contributed by atoms with Crippen LogP contribution in [0.2, 0.25) is 0 Å². The largest absolute Gasteiger partial charge is 0.361 e. The van der Waals surface area contributed by atoms with Gasteiger partial charge in [-0.25, -0.2) is 0 Å². The van der Waals surface area contributed by atoms with Crippen molar-refractivity contribution >= 4 is 5.96 Å². The minimum Gasteiger partial charge on any atom is -0.361 e. The molecule has 0 unspecified atom stereocenters. The van der Waals surface area contributed by atoms with E-state index in [4.69, 9.17) is 4.52 Å². The van der Waals surface area contributed by atoms with Gasteiger partial charge in [-0.1, -0.05) is 24.9 Å². The highest BCUT2D eigenvalue weighted by Crippen LogP contribution is 2.40. The Morgan fingerprint density at radius 1 is 1.26 bits per heavy atom. The molecule has 0 bridgehead atoms. The van der Waals surface area contributed by atoms with E-state index in [1.54, 1.807) is 0 Å². The van der Waals surface area contributed by atoms with Crippen LogP contribution in [0.25, 0.3) is 0 Å². The highest BCUT2D eigenvalue weighted by atomic mass is 16.5. The number of aryl methyl sites for hydroxylation is 2. The smallest absolute Gasteiger partial charge is 0.190 e. The fourth-order valence-electron chi connectivity index (χ4n) is 3.60. The van der Waals surface area contributed by atoms with E-state index in [2.05, 4.69) is 27.7 Å². The number of aliphatic imine (C=N–C) groups is 1. The molecule has 1 aromatic rings. The van der Waals surface area contributed by atoms with Gasteiger partial charge in [0.2, 0.25) is 0 Å². The van der Waals surface area contributed by atoms with Crippen LogP contribution in [0.5, 0.6) is 0 Å². The lowest BCUT2D eigenvalue weighted by molar-refractivity contribution is 0.283. The van der Waals surface area contributed by atoms with Gasteiger partial charge in [-0.15, -0.1) is 0 Å². The summed E-state index contributed by atoms with van der Waals surface area (Å²) in [4.78, 5) is 4.35. The predicted octanol–water partition coefficient (Wildman–Crippen LogP) is 3.36. The monoisotopic (exact) mass is 320 g/mol. The number of aromatic nitrogens is 1. The van der Waals surface area contributed by atoms with Crippen molar-refractivity contribution in [2.75, 3.05) is 20.1 Å². The summed E-state index contributed by atoms with van der Waals surface area (Å²) in [6.45, 7) is 8.24. The molecular weight excluding hydrogens is 288 g/mol. The van der Waals surface area contributed by atoms with Crippen LogP contribution >= 0.6 is 0 Å². The second-order valence-electron chi connectivity index (χ2n) is 6.82. The van der Waals surface area contributed by atoms with Gasteiger partial charge < -0.3 is 15.2 Å². The van der Waals surface area contributed by atoms with Crippen molar-refractivity contribution in [1.82, 2.24) is 15.8 Å². The van der Waals surface area contributed by atoms with Crippen molar-refractivity contribution in [1.29, 1.82) is 0 Å². The normalized spacial score (nSPS) is 17.5. The second kappa shape index (κ2) is 8.37. The predicted molar refractivity (Wildman–Crippen MR) is 94.9 cm³/mol. The highest BCUT2D eigenvalue weighted by molar-refractivity contribution is 5.79. The Labute approximate surface area is 140 Å². The minimum absolute atomic E-state index is 0.480. The van der Waals surface area contributed by atoms with Gasteiger partial charge in [0.05, 0.1) is 5.69 Å². The Bertz CT molecular complexity index is 496. The molecule has 0 saturated heterocycles. The van der Waals surface area contributed by atoms with Crippen LogP contribution in [0.15, 0.2) is 9.52 Å². The van der Waals surface area contributed by atoms with Crippen LogP contribution in [0.1, 0.15) is 62.5 Å². The summed E-state index contributed by atoms with van der Waals surface area (Å²) in [6, 6.07) is 0. The van der Waals surface area contributed by atoms with Gasteiger partial charge in [-0.05, 0) is 51.4 Å². The third kappa shape index (κ3) is 4.72. The molecule has 0 aromatic carbocycles.